The highest BCUT2D eigenvalue weighted by Gasteiger charge is 2.28. The Balaban J connectivity index is 1.41. The van der Waals surface area contributed by atoms with E-state index in [-0.39, 0.29) is 23.9 Å². The van der Waals surface area contributed by atoms with Gasteiger partial charge in [0.2, 0.25) is 5.91 Å². The van der Waals surface area contributed by atoms with E-state index < -0.39 is 0 Å². The summed E-state index contributed by atoms with van der Waals surface area (Å²) in [7, 11) is 0. The summed E-state index contributed by atoms with van der Waals surface area (Å²) in [4.78, 5) is 38.1. The van der Waals surface area contributed by atoms with Gasteiger partial charge in [-0.2, -0.15) is 0 Å². The van der Waals surface area contributed by atoms with Crippen LogP contribution in [0.1, 0.15) is 29.4 Å². The van der Waals surface area contributed by atoms with E-state index in [1.54, 1.807) is 11.5 Å². The van der Waals surface area contributed by atoms with Crippen LogP contribution in [-0.4, -0.2) is 31.2 Å². The minimum atomic E-state index is -0.181. The third-order valence-electron chi connectivity index (χ3n) is 5.00. The molecule has 3 aromatic rings. The molecule has 0 spiro atoms. The number of hydrogen-bond donors (Lipinski definition) is 1. The van der Waals surface area contributed by atoms with Gasteiger partial charge < -0.3 is 5.32 Å². The minimum absolute atomic E-state index is 0.0568. The minimum Gasteiger partial charge on any atom is -0.350 e. The Morgan fingerprint density at radius 2 is 2.03 bits per heavy atom. The predicted octanol–water partition coefficient (Wildman–Crippen LogP) is 2.67. The molecule has 1 aliphatic rings. The van der Waals surface area contributed by atoms with Crippen LogP contribution in [-0.2, 0) is 11.3 Å². The van der Waals surface area contributed by atoms with Gasteiger partial charge in [0, 0.05) is 29.0 Å². The van der Waals surface area contributed by atoms with Crippen molar-refractivity contribution >= 4 is 17.7 Å². The number of nitrogens with zero attached hydrogens (tertiary/aromatic N) is 4. The summed E-state index contributed by atoms with van der Waals surface area (Å²) in [5.41, 5.74) is 3.87. The number of nitrogens with one attached hydrogen (secondary N) is 1. The van der Waals surface area contributed by atoms with E-state index in [0.29, 0.717) is 23.0 Å². The van der Waals surface area contributed by atoms with Gasteiger partial charge in [-0.15, -0.1) is 0 Å². The second-order valence-electron chi connectivity index (χ2n) is 6.99. The van der Waals surface area contributed by atoms with Gasteiger partial charge in [-0.3, -0.25) is 14.2 Å². The first-order valence-corrected chi connectivity index (χ1v) is 10.4. The zero-order valence-corrected chi connectivity index (χ0v) is 17.1. The number of carbonyl (C=O) groups excluding carboxylic acids is 1. The quantitative estimate of drug-likeness (QED) is 0.654. The fourth-order valence-electron chi connectivity index (χ4n) is 3.26. The number of aromatic nitrogens is 4. The number of benzene rings is 1. The van der Waals surface area contributed by atoms with Crippen molar-refractivity contribution in [3.8, 4) is 11.3 Å². The molecular formula is C21H21N5O2S. The average Bonchev–Trinajstić information content (AvgIpc) is 3.13. The Morgan fingerprint density at radius 1 is 1.24 bits per heavy atom. The standard InChI is InChI=1S/C21H21N5O2S/c1-13-14(2)25-21-26(20(13)28)17(11-29-21)9-19(27)22-10-16-8-18(24-12-23-16)15-6-4-3-5-7-15/h3-8,12,17H,9-11H2,1-2H3,(H,22,27). The normalized spacial score (nSPS) is 15.2. The summed E-state index contributed by atoms with van der Waals surface area (Å²) < 4.78 is 1.66. The highest BCUT2D eigenvalue weighted by Crippen LogP contribution is 2.32. The number of aryl methyl sites for hydroxylation is 1. The van der Waals surface area contributed by atoms with Gasteiger partial charge in [0.1, 0.15) is 6.33 Å². The third-order valence-corrected chi connectivity index (χ3v) is 6.10. The van der Waals surface area contributed by atoms with Crippen LogP contribution in [0.5, 0.6) is 0 Å². The number of hydrogen-bond acceptors (Lipinski definition) is 6. The van der Waals surface area contributed by atoms with Crippen LogP contribution in [0.15, 0.2) is 52.7 Å². The van der Waals surface area contributed by atoms with Crippen molar-refractivity contribution in [2.45, 2.75) is 38.0 Å². The average molecular weight is 407 g/mol. The molecule has 4 rings (SSSR count). The van der Waals surface area contributed by atoms with E-state index in [1.807, 2.05) is 43.3 Å². The largest absolute Gasteiger partial charge is 0.350 e. The Labute approximate surface area is 172 Å². The zero-order valence-electron chi connectivity index (χ0n) is 16.3. The second kappa shape index (κ2) is 8.16. The molecular weight excluding hydrogens is 386 g/mol. The maximum Gasteiger partial charge on any atom is 0.257 e. The summed E-state index contributed by atoms with van der Waals surface area (Å²) >= 11 is 1.52. The summed E-state index contributed by atoms with van der Waals surface area (Å²) in [6.45, 7) is 3.93. The van der Waals surface area contributed by atoms with Crippen LogP contribution in [0.2, 0.25) is 0 Å². The number of carbonyl (C=O) groups is 1. The summed E-state index contributed by atoms with van der Waals surface area (Å²) in [5.74, 6) is 0.554. The van der Waals surface area contributed by atoms with E-state index in [2.05, 4.69) is 20.3 Å². The van der Waals surface area contributed by atoms with Gasteiger partial charge in [-0.1, -0.05) is 42.1 Å². The molecule has 1 aliphatic heterocycles. The molecule has 7 nitrogen and oxygen atoms in total. The number of amides is 1. The molecule has 0 bridgehead atoms. The molecule has 8 heteroatoms. The van der Waals surface area contributed by atoms with Crippen LogP contribution in [0.25, 0.3) is 11.3 Å². The van der Waals surface area contributed by atoms with Crippen molar-refractivity contribution in [1.82, 2.24) is 24.8 Å². The molecule has 3 heterocycles. The molecule has 2 aromatic heterocycles. The molecule has 0 fully saturated rings. The molecule has 0 saturated carbocycles. The monoisotopic (exact) mass is 407 g/mol. The number of rotatable bonds is 5. The molecule has 1 aromatic carbocycles. The Hall–Kier alpha value is -3.00. The molecule has 1 unspecified atom stereocenters. The summed E-state index contributed by atoms with van der Waals surface area (Å²) in [6.07, 6.45) is 1.74. The molecule has 29 heavy (non-hydrogen) atoms. The van der Waals surface area contributed by atoms with E-state index in [9.17, 15) is 9.59 Å². The molecule has 148 valence electrons. The lowest BCUT2D eigenvalue weighted by Crippen LogP contribution is -2.32. The highest BCUT2D eigenvalue weighted by atomic mass is 32.2. The summed E-state index contributed by atoms with van der Waals surface area (Å²) in [5, 5.41) is 3.60. The van der Waals surface area contributed by atoms with Crippen LogP contribution in [0.4, 0.5) is 0 Å². The molecule has 1 amide bonds. The van der Waals surface area contributed by atoms with Crippen LogP contribution < -0.4 is 10.9 Å². The van der Waals surface area contributed by atoms with Crippen molar-refractivity contribution in [2.75, 3.05) is 5.75 Å². The lowest BCUT2D eigenvalue weighted by molar-refractivity contribution is -0.121. The third kappa shape index (κ3) is 4.07. The van der Waals surface area contributed by atoms with Crippen molar-refractivity contribution in [3.63, 3.8) is 0 Å². The van der Waals surface area contributed by atoms with Crippen molar-refractivity contribution in [3.05, 3.63) is 70.0 Å². The molecule has 0 aliphatic carbocycles. The SMILES string of the molecule is Cc1nc2n(c(=O)c1C)C(CC(=O)NCc1cc(-c3ccccc3)ncn1)CS2. The Kier molecular flexibility index (Phi) is 5.44. The van der Waals surface area contributed by atoms with Crippen LogP contribution in [0.3, 0.4) is 0 Å². The van der Waals surface area contributed by atoms with Gasteiger partial charge >= 0.3 is 0 Å². The maximum absolute atomic E-state index is 12.6. The van der Waals surface area contributed by atoms with Gasteiger partial charge in [-0.05, 0) is 19.9 Å². The van der Waals surface area contributed by atoms with E-state index in [4.69, 9.17) is 0 Å². The Bertz CT molecular complexity index is 1110. The second-order valence-corrected chi connectivity index (χ2v) is 7.97. The van der Waals surface area contributed by atoms with Gasteiger partial charge in [0.05, 0.1) is 24.0 Å². The smallest absolute Gasteiger partial charge is 0.257 e. The zero-order chi connectivity index (χ0) is 20.4. The lowest BCUT2D eigenvalue weighted by Gasteiger charge is -2.14. The number of fused-ring (bicyclic) bond motifs is 1. The fourth-order valence-corrected chi connectivity index (χ4v) is 4.44. The molecule has 1 atom stereocenters. The highest BCUT2D eigenvalue weighted by molar-refractivity contribution is 7.99. The Morgan fingerprint density at radius 3 is 2.83 bits per heavy atom. The first kappa shape index (κ1) is 19.3. The van der Waals surface area contributed by atoms with E-state index >= 15 is 0 Å². The first-order valence-electron chi connectivity index (χ1n) is 9.38. The predicted molar refractivity (Wildman–Crippen MR) is 112 cm³/mol. The maximum atomic E-state index is 12.6. The van der Waals surface area contributed by atoms with E-state index in [1.165, 1.54) is 18.1 Å². The number of thioether (sulfide) groups is 1. The van der Waals surface area contributed by atoms with Gasteiger partial charge in [0.15, 0.2) is 5.16 Å². The van der Waals surface area contributed by atoms with Crippen molar-refractivity contribution in [1.29, 1.82) is 0 Å². The van der Waals surface area contributed by atoms with Gasteiger partial charge in [-0.25, -0.2) is 15.0 Å². The van der Waals surface area contributed by atoms with E-state index in [0.717, 1.165) is 22.6 Å². The summed E-state index contributed by atoms with van der Waals surface area (Å²) in [6, 6.07) is 11.5. The molecule has 0 saturated heterocycles. The van der Waals surface area contributed by atoms with Crippen LogP contribution >= 0.6 is 11.8 Å². The first-order chi connectivity index (χ1) is 14.0. The fraction of sp³-hybridized carbons (Fsp3) is 0.286. The molecule has 1 N–H and O–H groups in total. The lowest BCUT2D eigenvalue weighted by atomic mass is 10.1. The van der Waals surface area contributed by atoms with Crippen LogP contribution in [0, 0.1) is 13.8 Å². The topological polar surface area (TPSA) is 89.8 Å². The van der Waals surface area contributed by atoms with Crippen molar-refractivity contribution in [2.24, 2.45) is 0 Å². The van der Waals surface area contributed by atoms with Gasteiger partial charge in [0.25, 0.3) is 5.56 Å². The van der Waals surface area contributed by atoms with Crippen molar-refractivity contribution < 1.29 is 4.79 Å². The molecule has 0 radical (unpaired) electrons.